The molecule has 0 radical (unpaired) electrons. The molecule has 3 N–H and O–H groups in total. The fourth-order valence-corrected chi connectivity index (χ4v) is 3.51. The minimum atomic E-state index is -1.22. The standard InChI is InChI=1S/C24H37N3O5/c1-23(2,3)26-20(29)19(16-11-8-7-9-12-16)27(17-13-10-14-17)21(30)18(15-28)25-22(31)32-24(4,5)6/h7-9,11-12,17-19,28H,10,13-15H2,1-6H3,(H,25,31)(H,26,29). The van der Waals surface area contributed by atoms with Crippen molar-refractivity contribution >= 4 is 17.9 Å². The molecule has 0 aliphatic heterocycles. The number of nitrogens with one attached hydrogen (secondary N) is 2. The second-order valence-corrected chi connectivity index (χ2v) is 10.3. The molecular formula is C24H37N3O5. The molecule has 8 nitrogen and oxygen atoms in total. The molecule has 0 spiro atoms. The Morgan fingerprint density at radius 2 is 1.69 bits per heavy atom. The van der Waals surface area contributed by atoms with Crippen LogP contribution in [0.5, 0.6) is 0 Å². The molecule has 0 saturated heterocycles. The van der Waals surface area contributed by atoms with E-state index in [4.69, 9.17) is 4.74 Å². The summed E-state index contributed by atoms with van der Waals surface area (Å²) in [5.41, 5.74) is -0.577. The molecule has 1 saturated carbocycles. The summed E-state index contributed by atoms with van der Waals surface area (Å²) in [7, 11) is 0. The van der Waals surface area contributed by atoms with Crippen molar-refractivity contribution in [2.75, 3.05) is 6.61 Å². The van der Waals surface area contributed by atoms with Crippen LogP contribution >= 0.6 is 0 Å². The van der Waals surface area contributed by atoms with Crippen LogP contribution in [0.15, 0.2) is 30.3 Å². The third-order valence-corrected chi connectivity index (χ3v) is 5.03. The number of hydrogen-bond acceptors (Lipinski definition) is 5. The van der Waals surface area contributed by atoms with Gasteiger partial charge in [0.2, 0.25) is 11.8 Å². The molecule has 2 unspecified atom stereocenters. The molecule has 2 atom stereocenters. The van der Waals surface area contributed by atoms with Gasteiger partial charge in [0, 0.05) is 11.6 Å². The second-order valence-electron chi connectivity index (χ2n) is 10.3. The Morgan fingerprint density at radius 1 is 1.09 bits per heavy atom. The van der Waals surface area contributed by atoms with E-state index in [2.05, 4.69) is 10.6 Å². The number of rotatable bonds is 7. The predicted molar refractivity (Wildman–Crippen MR) is 122 cm³/mol. The number of nitrogens with zero attached hydrogens (tertiary/aromatic N) is 1. The van der Waals surface area contributed by atoms with Gasteiger partial charge >= 0.3 is 6.09 Å². The highest BCUT2D eigenvalue weighted by molar-refractivity contribution is 5.92. The van der Waals surface area contributed by atoms with E-state index >= 15 is 0 Å². The van der Waals surface area contributed by atoms with Gasteiger partial charge in [-0.05, 0) is 66.4 Å². The van der Waals surface area contributed by atoms with Crippen molar-refractivity contribution in [3.8, 4) is 0 Å². The van der Waals surface area contributed by atoms with E-state index in [9.17, 15) is 19.5 Å². The minimum absolute atomic E-state index is 0.159. The van der Waals surface area contributed by atoms with E-state index in [0.29, 0.717) is 5.56 Å². The molecule has 0 bridgehead atoms. The van der Waals surface area contributed by atoms with Crippen LogP contribution in [0.4, 0.5) is 4.79 Å². The van der Waals surface area contributed by atoms with Crippen LogP contribution in [0.25, 0.3) is 0 Å². The number of alkyl carbamates (subject to hydrolysis) is 1. The van der Waals surface area contributed by atoms with E-state index in [1.54, 1.807) is 32.9 Å². The average Bonchev–Trinajstić information content (AvgIpc) is 2.61. The molecule has 8 heteroatoms. The Labute approximate surface area is 190 Å². The largest absolute Gasteiger partial charge is 0.444 e. The van der Waals surface area contributed by atoms with E-state index in [1.165, 1.54) is 4.90 Å². The van der Waals surface area contributed by atoms with Gasteiger partial charge in [-0.3, -0.25) is 9.59 Å². The van der Waals surface area contributed by atoms with E-state index in [0.717, 1.165) is 19.3 Å². The minimum Gasteiger partial charge on any atom is -0.444 e. The molecule has 32 heavy (non-hydrogen) atoms. The van der Waals surface area contributed by atoms with Gasteiger partial charge in [-0.2, -0.15) is 0 Å². The summed E-state index contributed by atoms with van der Waals surface area (Å²) in [5.74, 6) is -0.820. The zero-order valence-corrected chi connectivity index (χ0v) is 20.0. The SMILES string of the molecule is CC(C)(C)NC(=O)C(c1ccccc1)N(C(=O)C(CO)NC(=O)OC(C)(C)C)C1CCC1. The van der Waals surface area contributed by atoms with E-state index in [-0.39, 0.29) is 11.9 Å². The first-order chi connectivity index (χ1) is 14.8. The molecule has 2 rings (SSSR count). The maximum Gasteiger partial charge on any atom is 0.408 e. The first-order valence-corrected chi connectivity index (χ1v) is 11.1. The Morgan fingerprint density at radius 3 is 2.12 bits per heavy atom. The Hall–Kier alpha value is -2.61. The quantitative estimate of drug-likeness (QED) is 0.596. The van der Waals surface area contributed by atoms with Crippen molar-refractivity contribution in [1.29, 1.82) is 0 Å². The number of aliphatic hydroxyl groups excluding tert-OH is 1. The molecule has 0 aromatic heterocycles. The lowest BCUT2D eigenvalue weighted by Crippen LogP contribution is -2.59. The summed E-state index contributed by atoms with van der Waals surface area (Å²) in [4.78, 5) is 40.8. The van der Waals surface area contributed by atoms with Crippen LogP contribution < -0.4 is 10.6 Å². The molecule has 178 valence electrons. The molecule has 3 amide bonds. The van der Waals surface area contributed by atoms with Crippen molar-refractivity contribution in [3.05, 3.63) is 35.9 Å². The van der Waals surface area contributed by atoms with Crippen LogP contribution in [0.3, 0.4) is 0 Å². The molecule has 1 fully saturated rings. The zero-order valence-electron chi connectivity index (χ0n) is 20.0. The van der Waals surface area contributed by atoms with Crippen LogP contribution in [0, 0.1) is 0 Å². The van der Waals surface area contributed by atoms with Gasteiger partial charge in [-0.1, -0.05) is 30.3 Å². The van der Waals surface area contributed by atoms with E-state index < -0.39 is 41.8 Å². The molecule has 1 aromatic carbocycles. The molecule has 1 aliphatic rings. The molecule has 1 aromatic rings. The Bertz CT molecular complexity index is 794. The number of carbonyl (C=O) groups is 3. The Balaban J connectivity index is 2.39. The first-order valence-electron chi connectivity index (χ1n) is 11.1. The zero-order chi connectivity index (χ0) is 24.1. The highest BCUT2D eigenvalue weighted by Crippen LogP contribution is 2.34. The highest BCUT2D eigenvalue weighted by atomic mass is 16.6. The van der Waals surface area contributed by atoms with Crippen molar-refractivity contribution in [1.82, 2.24) is 15.5 Å². The number of carbonyl (C=O) groups excluding carboxylic acids is 3. The van der Waals surface area contributed by atoms with Crippen LogP contribution in [0.2, 0.25) is 0 Å². The maximum absolute atomic E-state index is 13.6. The summed E-state index contributed by atoms with van der Waals surface area (Å²) in [6.07, 6.45) is 1.65. The molecule has 0 heterocycles. The van der Waals surface area contributed by atoms with Crippen molar-refractivity contribution in [2.24, 2.45) is 0 Å². The van der Waals surface area contributed by atoms with Crippen LogP contribution in [-0.2, 0) is 14.3 Å². The maximum atomic E-state index is 13.6. The van der Waals surface area contributed by atoms with Gasteiger partial charge < -0.3 is 25.4 Å². The number of aliphatic hydroxyl groups is 1. The summed E-state index contributed by atoms with van der Waals surface area (Å²) < 4.78 is 5.25. The third-order valence-electron chi connectivity index (χ3n) is 5.03. The van der Waals surface area contributed by atoms with Gasteiger partial charge in [-0.15, -0.1) is 0 Å². The van der Waals surface area contributed by atoms with E-state index in [1.807, 2.05) is 39.0 Å². The number of hydrogen-bond donors (Lipinski definition) is 3. The summed E-state index contributed by atoms with van der Waals surface area (Å²) in [5, 5.41) is 15.4. The smallest absolute Gasteiger partial charge is 0.408 e. The second kappa shape index (κ2) is 10.3. The fourth-order valence-electron chi connectivity index (χ4n) is 3.51. The fraction of sp³-hybridized carbons (Fsp3) is 0.625. The van der Waals surface area contributed by atoms with Gasteiger partial charge in [0.05, 0.1) is 6.61 Å². The van der Waals surface area contributed by atoms with Crippen molar-refractivity contribution < 1.29 is 24.2 Å². The predicted octanol–water partition coefficient (Wildman–Crippen LogP) is 2.91. The monoisotopic (exact) mass is 447 g/mol. The summed E-state index contributed by atoms with van der Waals surface area (Å²) >= 11 is 0. The number of amides is 3. The lowest BCUT2D eigenvalue weighted by atomic mass is 9.88. The molecule has 1 aliphatic carbocycles. The van der Waals surface area contributed by atoms with Gasteiger partial charge in [0.25, 0.3) is 0 Å². The molecular weight excluding hydrogens is 410 g/mol. The van der Waals surface area contributed by atoms with Crippen molar-refractivity contribution in [2.45, 2.75) is 90.1 Å². The van der Waals surface area contributed by atoms with Crippen LogP contribution in [0.1, 0.15) is 72.4 Å². The summed E-state index contributed by atoms with van der Waals surface area (Å²) in [6.45, 7) is 10.2. The van der Waals surface area contributed by atoms with Crippen molar-refractivity contribution in [3.63, 3.8) is 0 Å². The van der Waals surface area contributed by atoms with Gasteiger partial charge in [-0.25, -0.2) is 4.79 Å². The number of ether oxygens (including phenoxy) is 1. The van der Waals surface area contributed by atoms with Crippen LogP contribution in [-0.4, -0.2) is 57.7 Å². The average molecular weight is 448 g/mol. The number of benzene rings is 1. The Kier molecular flexibility index (Phi) is 8.29. The normalized spacial score (nSPS) is 16.3. The van der Waals surface area contributed by atoms with Gasteiger partial charge in [0.1, 0.15) is 17.7 Å². The third kappa shape index (κ3) is 7.22. The first kappa shape index (κ1) is 25.6. The lowest BCUT2D eigenvalue weighted by Gasteiger charge is -2.44. The van der Waals surface area contributed by atoms with Gasteiger partial charge in [0.15, 0.2) is 0 Å². The highest BCUT2D eigenvalue weighted by Gasteiger charge is 2.42. The lowest BCUT2D eigenvalue weighted by molar-refractivity contribution is -0.148. The summed E-state index contributed by atoms with van der Waals surface area (Å²) in [6, 6.07) is 6.83. The topological polar surface area (TPSA) is 108 Å².